The standard InChI is InChI=1S/C16H19N3O2S/c1-4-19-15-8-6-5-7-13(15)14-11-12(9-10-16(14)19)17-22(20,21)18(2)3/h5-11,17H,4H2,1-3H3. The number of benzene rings is 2. The molecule has 0 saturated carbocycles. The normalized spacial score (nSPS) is 12.4. The summed E-state index contributed by atoms with van der Waals surface area (Å²) >= 11 is 0. The Hall–Kier alpha value is -2.05. The first-order chi connectivity index (χ1) is 10.4. The molecule has 0 aliphatic carbocycles. The smallest absolute Gasteiger partial charge is 0.301 e. The minimum Gasteiger partial charge on any atom is -0.341 e. The van der Waals surface area contributed by atoms with E-state index >= 15 is 0 Å². The van der Waals surface area contributed by atoms with Crippen LogP contribution in [0, 0.1) is 0 Å². The predicted octanol–water partition coefficient (Wildman–Crippen LogP) is 3.03. The lowest BCUT2D eigenvalue weighted by Crippen LogP contribution is -2.28. The molecule has 3 aromatic rings. The van der Waals surface area contributed by atoms with Gasteiger partial charge in [-0.05, 0) is 31.2 Å². The molecule has 0 unspecified atom stereocenters. The third kappa shape index (κ3) is 2.34. The van der Waals surface area contributed by atoms with Crippen LogP contribution in [0.3, 0.4) is 0 Å². The highest BCUT2D eigenvalue weighted by Crippen LogP contribution is 2.31. The van der Waals surface area contributed by atoms with E-state index in [9.17, 15) is 8.42 Å². The molecular weight excluding hydrogens is 298 g/mol. The Kier molecular flexibility index (Phi) is 3.58. The third-order valence-electron chi connectivity index (χ3n) is 3.82. The van der Waals surface area contributed by atoms with E-state index in [-0.39, 0.29) is 0 Å². The third-order valence-corrected chi connectivity index (χ3v) is 5.27. The van der Waals surface area contributed by atoms with Gasteiger partial charge in [-0.3, -0.25) is 4.72 Å². The zero-order valence-electron chi connectivity index (χ0n) is 12.9. The van der Waals surface area contributed by atoms with Crippen molar-refractivity contribution in [2.75, 3.05) is 18.8 Å². The number of para-hydroxylation sites is 1. The lowest BCUT2D eigenvalue weighted by molar-refractivity contribution is 0.527. The second-order valence-corrected chi connectivity index (χ2v) is 7.27. The number of nitrogens with zero attached hydrogens (tertiary/aromatic N) is 2. The van der Waals surface area contributed by atoms with Gasteiger partial charge < -0.3 is 4.57 Å². The number of anilines is 1. The first kappa shape index (κ1) is 14.9. The number of fused-ring (bicyclic) bond motifs is 3. The lowest BCUT2D eigenvalue weighted by Gasteiger charge is -2.13. The van der Waals surface area contributed by atoms with E-state index in [1.165, 1.54) is 14.1 Å². The maximum absolute atomic E-state index is 12.0. The Morgan fingerprint density at radius 3 is 2.41 bits per heavy atom. The van der Waals surface area contributed by atoms with Crippen LogP contribution in [0.2, 0.25) is 0 Å². The van der Waals surface area contributed by atoms with Gasteiger partial charge in [-0.15, -0.1) is 0 Å². The number of nitrogens with one attached hydrogen (secondary N) is 1. The molecule has 0 aliphatic heterocycles. The van der Waals surface area contributed by atoms with Crippen LogP contribution in [0.5, 0.6) is 0 Å². The van der Waals surface area contributed by atoms with Gasteiger partial charge >= 0.3 is 10.2 Å². The van der Waals surface area contributed by atoms with Crippen molar-refractivity contribution in [3.63, 3.8) is 0 Å². The zero-order valence-corrected chi connectivity index (χ0v) is 13.7. The highest BCUT2D eigenvalue weighted by molar-refractivity contribution is 7.90. The Bertz CT molecular complexity index is 943. The second-order valence-electron chi connectivity index (χ2n) is 5.38. The molecular formula is C16H19N3O2S. The van der Waals surface area contributed by atoms with Crippen LogP contribution < -0.4 is 4.72 Å². The van der Waals surface area contributed by atoms with Gasteiger partial charge in [0.25, 0.3) is 0 Å². The molecule has 0 amide bonds. The van der Waals surface area contributed by atoms with E-state index < -0.39 is 10.2 Å². The van der Waals surface area contributed by atoms with Crippen molar-refractivity contribution < 1.29 is 8.42 Å². The monoisotopic (exact) mass is 317 g/mol. The van der Waals surface area contributed by atoms with Crippen molar-refractivity contribution in [2.24, 2.45) is 0 Å². The fourth-order valence-corrected chi connectivity index (χ4v) is 3.31. The van der Waals surface area contributed by atoms with Crippen LogP contribution in [0.1, 0.15) is 6.92 Å². The predicted molar refractivity (Wildman–Crippen MR) is 91.3 cm³/mol. The molecule has 0 atom stereocenters. The van der Waals surface area contributed by atoms with Crippen molar-refractivity contribution in [1.29, 1.82) is 0 Å². The maximum Gasteiger partial charge on any atom is 0.301 e. The van der Waals surface area contributed by atoms with Crippen molar-refractivity contribution in [3.8, 4) is 0 Å². The van der Waals surface area contributed by atoms with Crippen LogP contribution in [-0.4, -0.2) is 31.4 Å². The van der Waals surface area contributed by atoms with E-state index in [1.807, 2.05) is 24.3 Å². The van der Waals surface area contributed by atoms with Gasteiger partial charge in [0, 0.05) is 42.4 Å². The summed E-state index contributed by atoms with van der Waals surface area (Å²) in [4.78, 5) is 0. The van der Waals surface area contributed by atoms with Gasteiger partial charge in [-0.1, -0.05) is 18.2 Å². The molecule has 0 radical (unpaired) electrons. The molecule has 0 saturated heterocycles. The van der Waals surface area contributed by atoms with Crippen molar-refractivity contribution in [3.05, 3.63) is 42.5 Å². The minimum atomic E-state index is -3.50. The molecule has 3 rings (SSSR count). The van der Waals surface area contributed by atoms with E-state index in [0.29, 0.717) is 5.69 Å². The first-order valence-corrected chi connectivity index (χ1v) is 8.59. The molecule has 5 nitrogen and oxygen atoms in total. The van der Waals surface area contributed by atoms with E-state index in [1.54, 1.807) is 6.07 Å². The topological polar surface area (TPSA) is 54.3 Å². The molecule has 116 valence electrons. The summed E-state index contributed by atoms with van der Waals surface area (Å²) in [6.07, 6.45) is 0. The minimum absolute atomic E-state index is 0.570. The summed E-state index contributed by atoms with van der Waals surface area (Å²) < 4.78 is 29.9. The largest absolute Gasteiger partial charge is 0.341 e. The Labute approximate surface area is 130 Å². The Morgan fingerprint density at radius 2 is 1.73 bits per heavy atom. The molecule has 0 bridgehead atoms. The highest BCUT2D eigenvalue weighted by atomic mass is 32.2. The average Bonchev–Trinajstić information content (AvgIpc) is 2.80. The molecule has 1 aromatic heterocycles. The fraction of sp³-hybridized carbons (Fsp3) is 0.250. The Morgan fingerprint density at radius 1 is 1.05 bits per heavy atom. The van der Waals surface area contributed by atoms with Crippen molar-refractivity contribution >= 4 is 37.7 Å². The zero-order chi connectivity index (χ0) is 15.9. The number of rotatable bonds is 4. The fourth-order valence-electron chi connectivity index (χ4n) is 2.70. The molecule has 6 heteroatoms. The van der Waals surface area contributed by atoms with Gasteiger partial charge in [0.05, 0.1) is 5.69 Å². The molecule has 0 aliphatic rings. The van der Waals surface area contributed by atoms with Crippen molar-refractivity contribution in [1.82, 2.24) is 8.87 Å². The second kappa shape index (κ2) is 5.30. The molecule has 1 heterocycles. The van der Waals surface area contributed by atoms with Crippen molar-refractivity contribution in [2.45, 2.75) is 13.5 Å². The molecule has 2 aromatic carbocycles. The molecule has 22 heavy (non-hydrogen) atoms. The molecule has 0 spiro atoms. The van der Waals surface area contributed by atoms with Gasteiger partial charge in [0.2, 0.25) is 0 Å². The van der Waals surface area contributed by atoms with E-state index in [2.05, 4.69) is 28.3 Å². The summed E-state index contributed by atoms with van der Waals surface area (Å²) in [5.74, 6) is 0. The van der Waals surface area contributed by atoms with Gasteiger partial charge in [0.15, 0.2) is 0 Å². The summed E-state index contributed by atoms with van der Waals surface area (Å²) in [5.41, 5.74) is 2.84. The first-order valence-electron chi connectivity index (χ1n) is 7.15. The molecule has 0 fully saturated rings. The van der Waals surface area contributed by atoms with E-state index in [0.717, 1.165) is 32.7 Å². The highest BCUT2D eigenvalue weighted by Gasteiger charge is 2.15. The number of hydrogen-bond acceptors (Lipinski definition) is 2. The van der Waals surface area contributed by atoms with Crippen LogP contribution in [0.25, 0.3) is 21.8 Å². The Balaban J connectivity index is 2.20. The van der Waals surface area contributed by atoms with E-state index in [4.69, 9.17) is 0 Å². The quantitative estimate of drug-likeness (QED) is 0.804. The van der Waals surface area contributed by atoms with Gasteiger partial charge in [-0.25, -0.2) is 0 Å². The summed E-state index contributed by atoms with van der Waals surface area (Å²) in [6, 6.07) is 13.8. The van der Waals surface area contributed by atoms with Crippen LogP contribution in [0.15, 0.2) is 42.5 Å². The summed E-state index contributed by atoms with van der Waals surface area (Å²) in [5, 5.41) is 2.18. The van der Waals surface area contributed by atoms with Gasteiger partial charge in [-0.2, -0.15) is 12.7 Å². The number of aromatic nitrogens is 1. The SMILES string of the molecule is CCn1c2ccccc2c2cc(NS(=O)(=O)N(C)C)ccc21. The lowest BCUT2D eigenvalue weighted by atomic mass is 10.1. The van der Waals surface area contributed by atoms with Crippen LogP contribution in [0.4, 0.5) is 5.69 Å². The number of hydrogen-bond donors (Lipinski definition) is 1. The van der Waals surface area contributed by atoms with Crippen LogP contribution >= 0.6 is 0 Å². The summed E-state index contributed by atoms with van der Waals surface area (Å²) in [7, 11) is -0.488. The maximum atomic E-state index is 12.0. The van der Waals surface area contributed by atoms with Gasteiger partial charge in [0.1, 0.15) is 0 Å². The van der Waals surface area contributed by atoms with Crippen LogP contribution in [-0.2, 0) is 16.8 Å². The summed E-state index contributed by atoms with van der Waals surface area (Å²) in [6.45, 7) is 2.97. The molecule has 1 N–H and O–H groups in total. The number of aryl methyl sites for hydroxylation is 1. The average molecular weight is 317 g/mol.